The van der Waals surface area contributed by atoms with E-state index in [2.05, 4.69) is 6.58 Å². The molecule has 0 aliphatic carbocycles. The maximum atomic E-state index is 12.7. The molecule has 2 saturated heterocycles. The molecule has 2 aliphatic heterocycles. The SMILES string of the molecule is C=CCN1CCC2(CCCN(S(=O)(=O)c3cccs3)C2)C1=O. The predicted molar refractivity (Wildman–Crippen MR) is 86.1 cm³/mol. The zero-order chi connectivity index (χ0) is 15.8. The van der Waals surface area contributed by atoms with Crippen molar-refractivity contribution in [1.82, 2.24) is 9.21 Å². The molecule has 5 nitrogen and oxygen atoms in total. The average molecular weight is 340 g/mol. The molecule has 7 heteroatoms. The van der Waals surface area contributed by atoms with Crippen LogP contribution in [0.25, 0.3) is 0 Å². The molecule has 0 N–H and O–H groups in total. The van der Waals surface area contributed by atoms with Crippen LogP contribution in [0.2, 0.25) is 0 Å². The Morgan fingerprint density at radius 1 is 1.36 bits per heavy atom. The van der Waals surface area contributed by atoms with E-state index in [1.165, 1.54) is 15.6 Å². The van der Waals surface area contributed by atoms with E-state index in [9.17, 15) is 13.2 Å². The third kappa shape index (κ3) is 2.51. The molecule has 1 atom stereocenters. The number of sulfonamides is 1. The molecule has 2 aliphatic rings. The van der Waals surface area contributed by atoms with Gasteiger partial charge in [-0.1, -0.05) is 12.1 Å². The van der Waals surface area contributed by atoms with Crippen molar-refractivity contribution >= 4 is 27.3 Å². The van der Waals surface area contributed by atoms with E-state index in [0.717, 1.165) is 19.3 Å². The van der Waals surface area contributed by atoms with E-state index in [-0.39, 0.29) is 5.91 Å². The lowest BCUT2D eigenvalue weighted by Crippen LogP contribution is -2.49. The van der Waals surface area contributed by atoms with Crippen LogP contribution in [0.3, 0.4) is 0 Å². The third-order valence-electron chi connectivity index (χ3n) is 4.58. The molecule has 0 bridgehead atoms. The lowest BCUT2D eigenvalue weighted by molar-refractivity contribution is -0.137. The Morgan fingerprint density at radius 2 is 2.18 bits per heavy atom. The van der Waals surface area contributed by atoms with Crippen molar-refractivity contribution in [3.8, 4) is 0 Å². The van der Waals surface area contributed by atoms with Crippen molar-refractivity contribution in [1.29, 1.82) is 0 Å². The second-order valence-electron chi connectivity index (χ2n) is 5.94. The van der Waals surface area contributed by atoms with Crippen LogP contribution in [0.4, 0.5) is 0 Å². The number of hydrogen-bond donors (Lipinski definition) is 0. The van der Waals surface area contributed by atoms with Gasteiger partial charge in [-0.05, 0) is 30.7 Å². The van der Waals surface area contributed by atoms with E-state index < -0.39 is 15.4 Å². The van der Waals surface area contributed by atoms with Crippen molar-refractivity contribution in [3.63, 3.8) is 0 Å². The Balaban J connectivity index is 1.84. The standard InChI is InChI=1S/C15H20N2O3S2/c1-2-8-16-10-7-15(14(16)18)6-4-9-17(12-15)22(19,20)13-5-3-11-21-13/h2-3,5,11H,1,4,6-10,12H2. The average Bonchev–Trinajstić information content (AvgIpc) is 3.14. The molecule has 0 aromatic carbocycles. The van der Waals surface area contributed by atoms with Crippen LogP contribution in [0, 0.1) is 5.41 Å². The Hall–Kier alpha value is -1.18. The van der Waals surface area contributed by atoms with Gasteiger partial charge in [-0.25, -0.2) is 8.42 Å². The number of carbonyl (C=O) groups excluding carboxylic acids is 1. The highest BCUT2D eigenvalue weighted by Crippen LogP contribution is 2.41. The maximum absolute atomic E-state index is 12.7. The van der Waals surface area contributed by atoms with Crippen molar-refractivity contribution < 1.29 is 13.2 Å². The number of likely N-dealkylation sites (tertiary alicyclic amines) is 1. The van der Waals surface area contributed by atoms with Crippen LogP contribution >= 0.6 is 11.3 Å². The van der Waals surface area contributed by atoms with Gasteiger partial charge in [0.1, 0.15) is 4.21 Å². The molecule has 2 fully saturated rings. The minimum absolute atomic E-state index is 0.0819. The van der Waals surface area contributed by atoms with Gasteiger partial charge in [-0.2, -0.15) is 4.31 Å². The zero-order valence-corrected chi connectivity index (χ0v) is 14.0. The monoisotopic (exact) mass is 340 g/mol. The fraction of sp³-hybridized carbons (Fsp3) is 0.533. The number of amides is 1. The summed E-state index contributed by atoms with van der Waals surface area (Å²) in [4.78, 5) is 14.5. The molecule has 1 aromatic heterocycles. The van der Waals surface area contributed by atoms with Gasteiger partial charge in [-0.3, -0.25) is 4.79 Å². The Bertz CT molecular complexity index is 669. The summed E-state index contributed by atoms with van der Waals surface area (Å²) in [5.41, 5.74) is -0.536. The highest BCUT2D eigenvalue weighted by molar-refractivity contribution is 7.91. The van der Waals surface area contributed by atoms with Gasteiger partial charge in [0, 0.05) is 26.2 Å². The van der Waals surface area contributed by atoms with Crippen LogP contribution in [0.5, 0.6) is 0 Å². The van der Waals surface area contributed by atoms with Crippen molar-refractivity contribution in [2.45, 2.75) is 23.5 Å². The second kappa shape index (κ2) is 5.79. The van der Waals surface area contributed by atoms with Crippen molar-refractivity contribution in [3.05, 3.63) is 30.2 Å². The predicted octanol–water partition coefficient (Wildman–Crippen LogP) is 1.94. The molecular formula is C15H20N2O3S2. The molecule has 120 valence electrons. The van der Waals surface area contributed by atoms with Crippen molar-refractivity contribution in [2.75, 3.05) is 26.2 Å². The largest absolute Gasteiger partial charge is 0.338 e. The summed E-state index contributed by atoms with van der Waals surface area (Å²) in [6, 6.07) is 3.37. The van der Waals surface area contributed by atoms with Gasteiger partial charge in [0.05, 0.1) is 5.41 Å². The Kier molecular flexibility index (Phi) is 4.13. The minimum Gasteiger partial charge on any atom is -0.338 e. The van der Waals surface area contributed by atoms with Crippen LogP contribution in [-0.4, -0.2) is 49.7 Å². The smallest absolute Gasteiger partial charge is 0.252 e. The van der Waals surface area contributed by atoms with Crippen molar-refractivity contribution in [2.24, 2.45) is 5.41 Å². The van der Waals surface area contributed by atoms with Gasteiger partial charge < -0.3 is 4.90 Å². The topological polar surface area (TPSA) is 57.7 Å². The van der Waals surface area contributed by atoms with E-state index >= 15 is 0 Å². The third-order valence-corrected chi connectivity index (χ3v) is 7.80. The quantitative estimate of drug-likeness (QED) is 0.787. The molecule has 1 aromatic rings. The van der Waals surface area contributed by atoms with E-state index in [1.807, 2.05) is 0 Å². The summed E-state index contributed by atoms with van der Waals surface area (Å²) in [5.74, 6) is 0.0819. The fourth-order valence-electron chi connectivity index (χ4n) is 3.43. The molecule has 22 heavy (non-hydrogen) atoms. The Labute approximate surface area is 135 Å². The molecule has 1 unspecified atom stereocenters. The van der Waals surface area contributed by atoms with Crippen LogP contribution < -0.4 is 0 Å². The maximum Gasteiger partial charge on any atom is 0.252 e. The molecule has 0 saturated carbocycles. The number of thiophene rings is 1. The number of rotatable bonds is 4. The molecule has 1 spiro atoms. The van der Waals surface area contributed by atoms with E-state index in [4.69, 9.17) is 0 Å². The molecule has 3 heterocycles. The Morgan fingerprint density at radius 3 is 2.86 bits per heavy atom. The summed E-state index contributed by atoms with van der Waals surface area (Å²) in [6.07, 6.45) is 3.96. The number of nitrogens with zero attached hydrogens (tertiary/aromatic N) is 2. The van der Waals surface area contributed by atoms with Crippen LogP contribution in [0.15, 0.2) is 34.4 Å². The van der Waals surface area contributed by atoms with Gasteiger partial charge in [0.25, 0.3) is 10.0 Å². The van der Waals surface area contributed by atoms with E-state index in [0.29, 0.717) is 30.4 Å². The summed E-state index contributed by atoms with van der Waals surface area (Å²) >= 11 is 1.23. The van der Waals surface area contributed by atoms with Gasteiger partial charge >= 0.3 is 0 Å². The summed E-state index contributed by atoms with van der Waals surface area (Å²) in [7, 11) is -3.47. The van der Waals surface area contributed by atoms with Crippen LogP contribution in [0.1, 0.15) is 19.3 Å². The zero-order valence-electron chi connectivity index (χ0n) is 12.4. The van der Waals surface area contributed by atoms with Gasteiger partial charge in [0.2, 0.25) is 5.91 Å². The fourth-order valence-corrected chi connectivity index (χ4v) is 6.14. The second-order valence-corrected chi connectivity index (χ2v) is 9.06. The molecule has 3 rings (SSSR count). The molecule has 1 amide bonds. The highest BCUT2D eigenvalue weighted by Gasteiger charge is 2.50. The number of hydrogen-bond acceptors (Lipinski definition) is 4. The first kappa shape index (κ1) is 15.7. The number of piperidine rings is 1. The first-order chi connectivity index (χ1) is 10.5. The van der Waals surface area contributed by atoms with Gasteiger partial charge in [0.15, 0.2) is 0 Å². The first-order valence-electron chi connectivity index (χ1n) is 7.43. The summed E-state index contributed by atoms with van der Waals surface area (Å²) in [5, 5.41) is 1.76. The lowest BCUT2D eigenvalue weighted by atomic mass is 9.79. The van der Waals surface area contributed by atoms with E-state index in [1.54, 1.807) is 28.5 Å². The summed E-state index contributed by atoms with van der Waals surface area (Å²) < 4.78 is 27.3. The first-order valence-corrected chi connectivity index (χ1v) is 9.75. The summed E-state index contributed by atoms with van der Waals surface area (Å²) in [6.45, 7) is 5.72. The highest BCUT2D eigenvalue weighted by atomic mass is 32.2. The normalized spacial score (nSPS) is 26.7. The number of carbonyl (C=O) groups is 1. The molecular weight excluding hydrogens is 320 g/mol. The lowest BCUT2D eigenvalue weighted by Gasteiger charge is -2.37. The van der Waals surface area contributed by atoms with Gasteiger partial charge in [-0.15, -0.1) is 17.9 Å². The minimum atomic E-state index is -3.47. The van der Waals surface area contributed by atoms with Crippen LogP contribution in [-0.2, 0) is 14.8 Å². The molecule has 0 radical (unpaired) electrons.